The molecule has 2 rings (SSSR count). The maximum Gasteiger partial charge on any atom is 0.356 e. The van der Waals surface area contributed by atoms with Gasteiger partial charge in [0.25, 0.3) is 5.91 Å². The summed E-state index contributed by atoms with van der Waals surface area (Å²) in [5.74, 6) is -0.281. The zero-order valence-electron chi connectivity index (χ0n) is 11.9. The predicted molar refractivity (Wildman–Crippen MR) is 74.5 cm³/mol. The van der Waals surface area contributed by atoms with Crippen LogP contribution in [0.25, 0.3) is 0 Å². The molecule has 2 unspecified atom stereocenters. The van der Waals surface area contributed by atoms with Crippen LogP contribution in [0.2, 0.25) is 0 Å². The first kappa shape index (κ1) is 14.5. The zero-order valence-corrected chi connectivity index (χ0v) is 11.9. The number of hydrogen-bond donors (Lipinski definition) is 1. The summed E-state index contributed by atoms with van der Waals surface area (Å²) in [7, 11) is 1.29. The molecular weight excluding hydrogens is 256 g/mol. The molecule has 5 heteroatoms. The van der Waals surface area contributed by atoms with Gasteiger partial charge in [0, 0.05) is 6.04 Å². The molecular formula is C15H20N2O3. The van der Waals surface area contributed by atoms with Gasteiger partial charge in [0.1, 0.15) is 11.4 Å². The third kappa shape index (κ3) is 3.35. The molecule has 1 aromatic heterocycles. The van der Waals surface area contributed by atoms with E-state index in [1.165, 1.54) is 19.6 Å². The molecule has 0 aromatic carbocycles. The highest BCUT2D eigenvalue weighted by Crippen LogP contribution is 2.23. The van der Waals surface area contributed by atoms with Crippen molar-refractivity contribution in [2.45, 2.75) is 38.6 Å². The van der Waals surface area contributed by atoms with E-state index in [-0.39, 0.29) is 23.3 Å². The van der Waals surface area contributed by atoms with Gasteiger partial charge in [-0.3, -0.25) is 4.79 Å². The Morgan fingerprint density at radius 2 is 1.95 bits per heavy atom. The number of esters is 1. The number of carbonyl (C=O) groups is 2. The van der Waals surface area contributed by atoms with Crippen molar-refractivity contribution in [1.82, 2.24) is 10.3 Å². The topological polar surface area (TPSA) is 68.3 Å². The van der Waals surface area contributed by atoms with Crippen molar-refractivity contribution in [2.75, 3.05) is 7.11 Å². The quantitative estimate of drug-likeness (QED) is 0.859. The minimum atomic E-state index is -0.536. The monoisotopic (exact) mass is 276 g/mol. The SMILES string of the molecule is COC(=O)c1cccc(C(=O)NC2CCCCC2C)n1. The molecule has 0 radical (unpaired) electrons. The van der Waals surface area contributed by atoms with Crippen LogP contribution in [0.1, 0.15) is 53.6 Å². The molecule has 0 saturated heterocycles. The van der Waals surface area contributed by atoms with Gasteiger partial charge >= 0.3 is 5.97 Å². The molecule has 1 N–H and O–H groups in total. The van der Waals surface area contributed by atoms with Gasteiger partial charge in [-0.25, -0.2) is 9.78 Å². The Hall–Kier alpha value is -1.91. The van der Waals surface area contributed by atoms with Gasteiger partial charge in [-0.15, -0.1) is 0 Å². The molecule has 1 aliphatic rings. The predicted octanol–water partition coefficient (Wildman–Crippen LogP) is 2.18. The average molecular weight is 276 g/mol. The molecule has 0 aliphatic heterocycles. The van der Waals surface area contributed by atoms with Gasteiger partial charge in [0.05, 0.1) is 7.11 Å². The molecule has 2 atom stereocenters. The Morgan fingerprint density at radius 3 is 2.65 bits per heavy atom. The van der Waals surface area contributed by atoms with Crippen molar-refractivity contribution in [3.05, 3.63) is 29.6 Å². The van der Waals surface area contributed by atoms with E-state index in [1.54, 1.807) is 12.1 Å². The van der Waals surface area contributed by atoms with E-state index in [0.717, 1.165) is 19.3 Å². The smallest absolute Gasteiger partial charge is 0.356 e. The molecule has 1 heterocycles. The fourth-order valence-corrected chi connectivity index (χ4v) is 2.55. The highest BCUT2D eigenvalue weighted by Gasteiger charge is 2.24. The lowest BCUT2D eigenvalue weighted by atomic mass is 9.86. The number of ether oxygens (including phenoxy) is 1. The third-order valence-corrected chi connectivity index (χ3v) is 3.80. The molecule has 0 spiro atoms. The van der Waals surface area contributed by atoms with Crippen LogP contribution in [0.4, 0.5) is 0 Å². The molecule has 1 fully saturated rings. The maximum absolute atomic E-state index is 12.2. The van der Waals surface area contributed by atoms with Crippen LogP contribution >= 0.6 is 0 Å². The van der Waals surface area contributed by atoms with Crippen molar-refractivity contribution in [3.63, 3.8) is 0 Å². The first-order valence-electron chi connectivity index (χ1n) is 6.98. The van der Waals surface area contributed by atoms with Crippen LogP contribution in [0.5, 0.6) is 0 Å². The highest BCUT2D eigenvalue weighted by molar-refractivity contribution is 5.94. The molecule has 108 valence electrons. The number of aromatic nitrogens is 1. The summed E-state index contributed by atoms with van der Waals surface area (Å²) in [6, 6.07) is 4.97. The van der Waals surface area contributed by atoms with Crippen molar-refractivity contribution >= 4 is 11.9 Å². The van der Waals surface area contributed by atoms with E-state index < -0.39 is 5.97 Å². The molecule has 1 aliphatic carbocycles. The fraction of sp³-hybridized carbons (Fsp3) is 0.533. The summed E-state index contributed by atoms with van der Waals surface area (Å²) in [4.78, 5) is 27.7. The fourth-order valence-electron chi connectivity index (χ4n) is 2.55. The number of nitrogens with one attached hydrogen (secondary N) is 1. The Morgan fingerprint density at radius 1 is 1.25 bits per heavy atom. The number of carbonyl (C=O) groups excluding carboxylic acids is 2. The van der Waals surface area contributed by atoms with Gasteiger partial charge in [-0.1, -0.05) is 25.8 Å². The van der Waals surface area contributed by atoms with Gasteiger partial charge < -0.3 is 10.1 Å². The van der Waals surface area contributed by atoms with Gasteiger partial charge in [-0.2, -0.15) is 0 Å². The lowest BCUT2D eigenvalue weighted by Gasteiger charge is -2.29. The number of methoxy groups -OCH3 is 1. The van der Waals surface area contributed by atoms with Gasteiger partial charge in [0.2, 0.25) is 0 Å². The van der Waals surface area contributed by atoms with Crippen molar-refractivity contribution < 1.29 is 14.3 Å². The lowest BCUT2D eigenvalue weighted by Crippen LogP contribution is -2.41. The highest BCUT2D eigenvalue weighted by atomic mass is 16.5. The summed E-state index contributed by atoms with van der Waals surface area (Å²) in [6.07, 6.45) is 4.51. The number of amides is 1. The van der Waals surface area contributed by atoms with E-state index in [4.69, 9.17) is 0 Å². The van der Waals surface area contributed by atoms with Crippen molar-refractivity contribution in [2.24, 2.45) is 5.92 Å². The van der Waals surface area contributed by atoms with Crippen molar-refractivity contribution in [1.29, 1.82) is 0 Å². The summed E-state index contributed by atoms with van der Waals surface area (Å²) in [5.41, 5.74) is 0.405. The minimum absolute atomic E-state index is 0.150. The van der Waals surface area contributed by atoms with E-state index in [2.05, 4.69) is 22.0 Å². The Balaban J connectivity index is 2.07. The van der Waals surface area contributed by atoms with Crippen LogP contribution < -0.4 is 5.32 Å². The normalized spacial score (nSPS) is 22.1. The number of nitrogens with zero attached hydrogens (tertiary/aromatic N) is 1. The number of hydrogen-bond acceptors (Lipinski definition) is 4. The molecule has 1 amide bonds. The second-order valence-corrected chi connectivity index (χ2v) is 5.24. The second kappa shape index (κ2) is 6.50. The summed E-state index contributed by atoms with van der Waals surface area (Å²) in [6.45, 7) is 2.16. The molecule has 5 nitrogen and oxygen atoms in total. The molecule has 0 bridgehead atoms. The molecule has 20 heavy (non-hydrogen) atoms. The summed E-state index contributed by atoms with van der Waals surface area (Å²) in [5, 5.41) is 3.02. The van der Waals surface area contributed by atoms with E-state index >= 15 is 0 Å². The molecule has 1 saturated carbocycles. The summed E-state index contributed by atoms with van der Waals surface area (Å²) < 4.78 is 4.60. The molecule has 1 aromatic rings. The van der Waals surface area contributed by atoms with E-state index in [0.29, 0.717) is 5.92 Å². The van der Waals surface area contributed by atoms with E-state index in [1.807, 2.05) is 0 Å². The van der Waals surface area contributed by atoms with Crippen LogP contribution in [-0.2, 0) is 4.74 Å². The van der Waals surface area contributed by atoms with Crippen LogP contribution in [-0.4, -0.2) is 30.0 Å². The number of rotatable bonds is 3. The summed E-state index contributed by atoms with van der Waals surface area (Å²) >= 11 is 0. The first-order chi connectivity index (χ1) is 9.61. The Labute approximate surface area is 118 Å². The third-order valence-electron chi connectivity index (χ3n) is 3.80. The van der Waals surface area contributed by atoms with Gasteiger partial charge in [0.15, 0.2) is 0 Å². The largest absolute Gasteiger partial charge is 0.464 e. The van der Waals surface area contributed by atoms with Crippen LogP contribution in [0.3, 0.4) is 0 Å². The lowest BCUT2D eigenvalue weighted by molar-refractivity contribution is 0.0594. The Kier molecular flexibility index (Phi) is 4.71. The zero-order chi connectivity index (χ0) is 14.5. The minimum Gasteiger partial charge on any atom is -0.464 e. The van der Waals surface area contributed by atoms with E-state index in [9.17, 15) is 9.59 Å². The van der Waals surface area contributed by atoms with Crippen molar-refractivity contribution in [3.8, 4) is 0 Å². The van der Waals surface area contributed by atoms with Gasteiger partial charge in [-0.05, 0) is 30.9 Å². The number of pyridine rings is 1. The maximum atomic E-state index is 12.2. The second-order valence-electron chi connectivity index (χ2n) is 5.24. The average Bonchev–Trinajstić information content (AvgIpc) is 2.49. The van der Waals surface area contributed by atoms with Crippen LogP contribution in [0.15, 0.2) is 18.2 Å². The standard InChI is InChI=1S/C15H20N2O3/c1-10-6-3-4-7-11(10)17-14(18)12-8-5-9-13(16-12)15(19)20-2/h5,8-11H,3-4,6-7H2,1-2H3,(H,17,18). The van der Waals surface area contributed by atoms with Crippen LogP contribution in [0, 0.1) is 5.92 Å². The Bertz CT molecular complexity index is 502. The first-order valence-corrected chi connectivity index (χ1v) is 6.98.